The van der Waals surface area contributed by atoms with E-state index in [1.165, 1.54) is 18.9 Å². The van der Waals surface area contributed by atoms with Crippen molar-refractivity contribution in [2.45, 2.75) is 37.8 Å². The van der Waals surface area contributed by atoms with Crippen molar-refractivity contribution in [3.05, 3.63) is 12.2 Å². The number of nitrogens with zero attached hydrogens (tertiary/aromatic N) is 1. The molecule has 1 fully saturated rings. The molecule has 1 aliphatic carbocycles. The van der Waals surface area contributed by atoms with E-state index in [2.05, 4.69) is 6.58 Å². The largest absolute Gasteiger partial charge is 0.477 e. The highest BCUT2D eigenvalue weighted by atomic mass is 16.4. The Morgan fingerprint density at radius 2 is 1.73 bits per heavy atom. The van der Waals surface area contributed by atoms with Gasteiger partial charge < -0.3 is 16.6 Å². The van der Waals surface area contributed by atoms with Crippen LogP contribution in [0.15, 0.2) is 12.2 Å². The summed E-state index contributed by atoms with van der Waals surface area (Å²) in [4.78, 5) is 9.61. The lowest BCUT2D eigenvalue weighted by Gasteiger charge is -2.24. The van der Waals surface area contributed by atoms with Crippen molar-refractivity contribution < 1.29 is 9.90 Å². The highest BCUT2D eigenvalue weighted by Crippen LogP contribution is 2.14. The number of hydrogen-bond donors (Lipinski definition) is 3. The second-order valence-electron chi connectivity index (χ2n) is 3.51. The lowest BCUT2D eigenvalue weighted by Crippen LogP contribution is -2.43. The van der Waals surface area contributed by atoms with Gasteiger partial charge in [-0.3, -0.25) is 0 Å². The fourth-order valence-corrected chi connectivity index (χ4v) is 1.24. The Kier molecular flexibility index (Phi) is 6.34. The normalized spacial score (nSPS) is 24.3. The summed E-state index contributed by atoms with van der Waals surface area (Å²) in [6, 6.07) is 1.93. The van der Waals surface area contributed by atoms with Gasteiger partial charge in [0, 0.05) is 12.1 Å². The fourth-order valence-electron chi connectivity index (χ4n) is 1.24. The number of carbonyl (C=O) groups is 1. The van der Waals surface area contributed by atoms with Crippen molar-refractivity contribution in [3.8, 4) is 6.07 Å². The Labute approximate surface area is 89.4 Å². The van der Waals surface area contributed by atoms with E-state index in [-0.39, 0.29) is 12.1 Å². The first kappa shape index (κ1) is 13.6. The van der Waals surface area contributed by atoms with Crippen molar-refractivity contribution in [3.63, 3.8) is 0 Å². The minimum Gasteiger partial charge on any atom is -0.477 e. The summed E-state index contributed by atoms with van der Waals surface area (Å²) in [5, 5.41) is 15.6. The molecule has 0 aromatic carbocycles. The fraction of sp³-hybridized carbons (Fsp3) is 0.600. The molecule has 5 nitrogen and oxygen atoms in total. The van der Waals surface area contributed by atoms with E-state index >= 15 is 0 Å². The molecule has 1 rings (SSSR count). The number of carboxylic acids is 1. The Morgan fingerprint density at radius 1 is 1.33 bits per heavy atom. The maximum Gasteiger partial charge on any atom is 0.345 e. The molecule has 0 bridgehead atoms. The summed E-state index contributed by atoms with van der Waals surface area (Å²) < 4.78 is 0. The minimum atomic E-state index is -1.26. The van der Waals surface area contributed by atoms with Crippen LogP contribution in [-0.4, -0.2) is 23.2 Å². The van der Waals surface area contributed by atoms with Crippen molar-refractivity contribution >= 4 is 5.97 Å². The number of rotatable bonds is 1. The topological polar surface area (TPSA) is 113 Å². The number of hydrogen-bond acceptors (Lipinski definition) is 4. The predicted octanol–water partition coefficient (Wildman–Crippen LogP) is 0.366. The first-order valence-corrected chi connectivity index (χ1v) is 4.82. The van der Waals surface area contributed by atoms with Crippen molar-refractivity contribution in [1.29, 1.82) is 5.26 Å². The Balaban J connectivity index is 0.000000265. The second-order valence-corrected chi connectivity index (χ2v) is 3.51. The molecule has 2 unspecified atom stereocenters. The molecule has 0 aromatic heterocycles. The van der Waals surface area contributed by atoms with Crippen LogP contribution in [0.5, 0.6) is 0 Å². The number of aliphatic carboxylic acids is 1. The van der Waals surface area contributed by atoms with Gasteiger partial charge >= 0.3 is 5.97 Å². The highest BCUT2D eigenvalue weighted by Gasteiger charge is 2.16. The van der Waals surface area contributed by atoms with Crippen LogP contribution in [0.25, 0.3) is 0 Å². The zero-order chi connectivity index (χ0) is 11.8. The summed E-state index contributed by atoms with van der Waals surface area (Å²) in [6.45, 7) is 2.91. The lowest BCUT2D eigenvalue weighted by molar-refractivity contribution is -0.132. The Hall–Kier alpha value is -1.38. The van der Waals surface area contributed by atoms with E-state index in [0.717, 1.165) is 12.8 Å². The Bertz CT molecular complexity index is 260. The minimum absolute atomic E-state index is 0.281. The van der Waals surface area contributed by atoms with E-state index < -0.39 is 11.5 Å². The SMILES string of the molecule is C=C(C#N)C(=O)O.NC1CCCCC1N. The zero-order valence-electron chi connectivity index (χ0n) is 8.65. The van der Waals surface area contributed by atoms with Crippen LogP contribution in [-0.2, 0) is 4.79 Å². The molecule has 0 aromatic rings. The summed E-state index contributed by atoms with van der Waals surface area (Å²) >= 11 is 0. The van der Waals surface area contributed by atoms with Gasteiger partial charge in [0.05, 0.1) is 0 Å². The summed E-state index contributed by atoms with van der Waals surface area (Å²) in [5.74, 6) is -1.26. The van der Waals surface area contributed by atoms with E-state index in [0.29, 0.717) is 0 Å². The highest BCUT2D eigenvalue weighted by molar-refractivity contribution is 5.90. The van der Waals surface area contributed by atoms with Crippen molar-refractivity contribution in [2.24, 2.45) is 11.5 Å². The van der Waals surface area contributed by atoms with Gasteiger partial charge in [0.1, 0.15) is 11.6 Å². The van der Waals surface area contributed by atoms with Gasteiger partial charge in [-0.05, 0) is 12.8 Å². The maximum absolute atomic E-state index is 9.61. The van der Waals surface area contributed by atoms with Gasteiger partial charge in [0.25, 0.3) is 0 Å². The van der Waals surface area contributed by atoms with Crippen LogP contribution in [0.4, 0.5) is 0 Å². The number of nitrogens with two attached hydrogens (primary N) is 2. The van der Waals surface area contributed by atoms with E-state index in [9.17, 15) is 4.79 Å². The molecule has 0 radical (unpaired) electrons. The van der Waals surface area contributed by atoms with Crippen LogP contribution in [0, 0.1) is 11.3 Å². The average molecular weight is 211 g/mol. The van der Waals surface area contributed by atoms with Gasteiger partial charge in [-0.15, -0.1) is 0 Å². The van der Waals surface area contributed by atoms with Gasteiger partial charge in [0.15, 0.2) is 0 Å². The van der Waals surface area contributed by atoms with Crippen LogP contribution in [0.1, 0.15) is 25.7 Å². The summed E-state index contributed by atoms with van der Waals surface area (Å²) in [5.41, 5.74) is 10.9. The van der Waals surface area contributed by atoms with Crippen LogP contribution >= 0.6 is 0 Å². The molecular formula is C10H17N3O2. The van der Waals surface area contributed by atoms with Gasteiger partial charge in [-0.1, -0.05) is 19.4 Å². The molecule has 0 spiro atoms. The van der Waals surface area contributed by atoms with E-state index in [1.54, 1.807) is 0 Å². The quantitative estimate of drug-likeness (QED) is 0.428. The van der Waals surface area contributed by atoms with Gasteiger partial charge in [-0.25, -0.2) is 4.79 Å². The number of carboxylic acid groups (broad SMARTS) is 1. The average Bonchev–Trinajstić information content (AvgIpc) is 2.22. The molecule has 1 saturated carbocycles. The molecule has 0 heterocycles. The van der Waals surface area contributed by atoms with Crippen molar-refractivity contribution in [2.75, 3.05) is 0 Å². The van der Waals surface area contributed by atoms with Gasteiger partial charge in [-0.2, -0.15) is 5.26 Å². The zero-order valence-corrected chi connectivity index (χ0v) is 8.65. The van der Waals surface area contributed by atoms with Crippen LogP contribution < -0.4 is 11.5 Å². The third-order valence-electron chi connectivity index (χ3n) is 2.27. The standard InChI is InChI=1S/C6H14N2.C4H3NO2/c7-5-3-1-2-4-6(5)8;1-3(2-5)4(6)7/h5-6H,1-4,7-8H2;1H2,(H,6,7). The molecular weight excluding hydrogens is 194 g/mol. The van der Waals surface area contributed by atoms with E-state index in [1.807, 2.05) is 0 Å². The molecule has 84 valence electrons. The summed E-state index contributed by atoms with van der Waals surface area (Å²) in [6.07, 6.45) is 4.80. The first-order valence-electron chi connectivity index (χ1n) is 4.82. The third kappa shape index (κ3) is 5.83. The second kappa shape index (κ2) is 6.98. The summed E-state index contributed by atoms with van der Waals surface area (Å²) in [7, 11) is 0. The molecule has 15 heavy (non-hydrogen) atoms. The Morgan fingerprint density at radius 3 is 1.87 bits per heavy atom. The number of nitriles is 1. The van der Waals surface area contributed by atoms with Crippen LogP contribution in [0.2, 0.25) is 0 Å². The maximum atomic E-state index is 9.61. The van der Waals surface area contributed by atoms with Crippen LogP contribution in [0.3, 0.4) is 0 Å². The molecule has 2 atom stereocenters. The van der Waals surface area contributed by atoms with Crippen molar-refractivity contribution in [1.82, 2.24) is 0 Å². The monoisotopic (exact) mass is 211 g/mol. The molecule has 0 aliphatic heterocycles. The smallest absolute Gasteiger partial charge is 0.345 e. The van der Waals surface area contributed by atoms with Gasteiger partial charge in [0.2, 0.25) is 0 Å². The van der Waals surface area contributed by atoms with E-state index in [4.69, 9.17) is 21.8 Å². The molecule has 5 heteroatoms. The molecule has 0 amide bonds. The lowest BCUT2D eigenvalue weighted by atomic mass is 9.92. The molecule has 5 N–H and O–H groups in total. The molecule has 0 saturated heterocycles. The predicted molar refractivity (Wildman–Crippen MR) is 56.8 cm³/mol. The molecule has 1 aliphatic rings. The third-order valence-corrected chi connectivity index (χ3v) is 2.27. The first-order chi connectivity index (χ1) is 6.99.